The van der Waals surface area contributed by atoms with E-state index in [1.54, 1.807) is 30.3 Å². The molecule has 0 saturated carbocycles. The van der Waals surface area contributed by atoms with Gasteiger partial charge in [-0.2, -0.15) is 0 Å². The van der Waals surface area contributed by atoms with E-state index in [1.165, 1.54) is 12.3 Å². The van der Waals surface area contributed by atoms with Crippen molar-refractivity contribution in [3.63, 3.8) is 0 Å². The van der Waals surface area contributed by atoms with E-state index in [9.17, 15) is 10.1 Å². The monoisotopic (exact) mass is 369 g/mol. The van der Waals surface area contributed by atoms with Crippen LogP contribution in [0.4, 0.5) is 23.0 Å². The maximum atomic E-state index is 11.1. The number of anilines is 3. The standard InChI is InChI=1S/C16H15N7O2S/c1-2-17-16(26)22-13-8-7-11-15(20-13)21-14(9-18-11)19-10-5-3-4-6-12(10)23(24)25/h3-9H,2H2,1H3,(H3,17,19,20,21,22,26). The van der Waals surface area contributed by atoms with Gasteiger partial charge < -0.3 is 16.0 Å². The minimum Gasteiger partial charge on any atom is -0.363 e. The van der Waals surface area contributed by atoms with Crippen LogP contribution in [-0.2, 0) is 0 Å². The average molecular weight is 369 g/mol. The van der Waals surface area contributed by atoms with Crippen molar-refractivity contribution >= 4 is 51.5 Å². The fourth-order valence-electron chi connectivity index (χ4n) is 2.23. The van der Waals surface area contributed by atoms with Crippen molar-refractivity contribution in [3.8, 4) is 0 Å². The second-order valence-electron chi connectivity index (χ2n) is 5.18. The van der Waals surface area contributed by atoms with Crippen LogP contribution < -0.4 is 16.0 Å². The zero-order valence-corrected chi connectivity index (χ0v) is 14.6. The van der Waals surface area contributed by atoms with Gasteiger partial charge in [0.15, 0.2) is 16.6 Å². The molecule has 9 nitrogen and oxygen atoms in total. The Morgan fingerprint density at radius 3 is 2.73 bits per heavy atom. The molecule has 0 aliphatic heterocycles. The molecule has 132 valence electrons. The lowest BCUT2D eigenvalue weighted by atomic mass is 10.2. The Bertz CT molecular complexity index is 980. The van der Waals surface area contributed by atoms with Crippen LogP contribution in [0.25, 0.3) is 11.2 Å². The lowest BCUT2D eigenvalue weighted by Crippen LogP contribution is -2.28. The van der Waals surface area contributed by atoms with E-state index < -0.39 is 4.92 Å². The number of benzene rings is 1. The topological polar surface area (TPSA) is 118 Å². The smallest absolute Gasteiger partial charge is 0.292 e. The maximum absolute atomic E-state index is 11.1. The van der Waals surface area contributed by atoms with E-state index in [1.807, 2.05) is 6.92 Å². The maximum Gasteiger partial charge on any atom is 0.292 e. The first-order valence-electron chi connectivity index (χ1n) is 7.76. The summed E-state index contributed by atoms with van der Waals surface area (Å²) >= 11 is 5.13. The summed E-state index contributed by atoms with van der Waals surface area (Å²) in [6.45, 7) is 2.64. The second-order valence-corrected chi connectivity index (χ2v) is 5.59. The van der Waals surface area contributed by atoms with Crippen molar-refractivity contribution in [2.45, 2.75) is 6.92 Å². The quantitative estimate of drug-likeness (QED) is 0.354. The highest BCUT2D eigenvalue weighted by molar-refractivity contribution is 7.80. The van der Waals surface area contributed by atoms with Gasteiger partial charge in [-0.05, 0) is 37.3 Å². The van der Waals surface area contributed by atoms with E-state index in [2.05, 4.69) is 30.9 Å². The average Bonchev–Trinajstić information content (AvgIpc) is 2.62. The number of nitrogens with zero attached hydrogens (tertiary/aromatic N) is 4. The van der Waals surface area contributed by atoms with Crippen LogP contribution in [0.2, 0.25) is 0 Å². The van der Waals surface area contributed by atoms with Crippen LogP contribution in [0, 0.1) is 10.1 Å². The third kappa shape index (κ3) is 3.98. The normalized spacial score (nSPS) is 10.3. The van der Waals surface area contributed by atoms with Crippen LogP contribution in [0.15, 0.2) is 42.6 Å². The third-order valence-electron chi connectivity index (χ3n) is 3.35. The highest BCUT2D eigenvalue weighted by Gasteiger charge is 2.13. The third-order valence-corrected chi connectivity index (χ3v) is 3.60. The van der Waals surface area contributed by atoms with Gasteiger partial charge in [-0.3, -0.25) is 10.1 Å². The molecule has 0 aliphatic carbocycles. The lowest BCUT2D eigenvalue weighted by Gasteiger charge is -2.09. The summed E-state index contributed by atoms with van der Waals surface area (Å²) in [5, 5.41) is 20.4. The molecule has 0 radical (unpaired) electrons. The highest BCUT2D eigenvalue weighted by Crippen LogP contribution is 2.26. The van der Waals surface area contributed by atoms with Crippen LogP contribution in [0.3, 0.4) is 0 Å². The molecular weight excluding hydrogens is 354 g/mol. The van der Waals surface area contributed by atoms with E-state index in [0.29, 0.717) is 40.1 Å². The van der Waals surface area contributed by atoms with Gasteiger partial charge in [-0.25, -0.2) is 15.0 Å². The number of para-hydroxylation sites is 2. The van der Waals surface area contributed by atoms with E-state index in [-0.39, 0.29) is 5.69 Å². The predicted molar refractivity (Wildman–Crippen MR) is 104 cm³/mol. The molecular formula is C16H15N7O2S. The fraction of sp³-hybridized carbons (Fsp3) is 0.125. The van der Waals surface area contributed by atoms with Crippen LogP contribution in [0.1, 0.15) is 6.92 Å². The first kappa shape index (κ1) is 17.4. The first-order chi connectivity index (χ1) is 12.6. The molecule has 0 amide bonds. The van der Waals surface area contributed by atoms with E-state index >= 15 is 0 Å². The second kappa shape index (κ2) is 7.66. The number of hydrogen-bond acceptors (Lipinski definition) is 7. The highest BCUT2D eigenvalue weighted by atomic mass is 32.1. The number of fused-ring (bicyclic) bond motifs is 1. The largest absolute Gasteiger partial charge is 0.363 e. The molecule has 0 saturated heterocycles. The number of pyridine rings is 1. The SMILES string of the molecule is CCNC(=S)Nc1ccc2ncc(Nc3ccccc3[N+](=O)[O-])nc2n1. The molecule has 0 spiro atoms. The zero-order valence-electron chi connectivity index (χ0n) is 13.8. The van der Waals surface area contributed by atoms with Crippen LogP contribution in [-0.4, -0.2) is 31.5 Å². The number of thiocarbonyl (C=S) groups is 1. The Hall–Kier alpha value is -3.40. The number of nitrogens with one attached hydrogen (secondary N) is 3. The van der Waals surface area contributed by atoms with Crippen molar-refractivity contribution in [1.29, 1.82) is 0 Å². The van der Waals surface area contributed by atoms with Gasteiger partial charge in [0.2, 0.25) is 0 Å². The van der Waals surface area contributed by atoms with Gasteiger partial charge in [-0.1, -0.05) is 12.1 Å². The summed E-state index contributed by atoms with van der Waals surface area (Å²) in [5.41, 5.74) is 1.26. The van der Waals surface area contributed by atoms with Gasteiger partial charge in [0.1, 0.15) is 17.0 Å². The zero-order chi connectivity index (χ0) is 18.5. The number of hydrogen-bond donors (Lipinski definition) is 3. The van der Waals surface area contributed by atoms with Crippen molar-refractivity contribution in [2.24, 2.45) is 0 Å². The van der Waals surface area contributed by atoms with Crippen LogP contribution >= 0.6 is 12.2 Å². The number of aromatic nitrogens is 3. The molecule has 10 heteroatoms. The summed E-state index contributed by atoms with van der Waals surface area (Å²) in [4.78, 5) is 23.7. The van der Waals surface area contributed by atoms with Crippen molar-refractivity contribution in [2.75, 3.05) is 17.2 Å². The summed E-state index contributed by atoms with van der Waals surface area (Å²) in [5.74, 6) is 0.881. The summed E-state index contributed by atoms with van der Waals surface area (Å²) in [6, 6.07) is 9.83. The molecule has 0 bridgehead atoms. The van der Waals surface area contributed by atoms with Crippen molar-refractivity contribution < 1.29 is 4.92 Å². The van der Waals surface area contributed by atoms with Gasteiger partial charge >= 0.3 is 0 Å². The Labute approximate surface area is 154 Å². The Kier molecular flexibility index (Phi) is 5.13. The molecule has 2 heterocycles. The van der Waals surface area contributed by atoms with E-state index in [0.717, 1.165) is 0 Å². The van der Waals surface area contributed by atoms with Crippen molar-refractivity contribution in [1.82, 2.24) is 20.3 Å². The molecule has 3 aromatic rings. The van der Waals surface area contributed by atoms with Gasteiger partial charge in [0, 0.05) is 12.6 Å². The molecule has 0 fully saturated rings. The minimum atomic E-state index is -0.460. The summed E-state index contributed by atoms with van der Waals surface area (Å²) in [6.07, 6.45) is 1.50. The van der Waals surface area contributed by atoms with Gasteiger partial charge in [-0.15, -0.1) is 0 Å². The summed E-state index contributed by atoms with van der Waals surface area (Å²) < 4.78 is 0. The van der Waals surface area contributed by atoms with Gasteiger partial charge in [0.25, 0.3) is 5.69 Å². The molecule has 2 aromatic heterocycles. The first-order valence-corrected chi connectivity index (χ1v) is 8.16. The van der Waals surface area contributed by atoms with Gasteiger partial charge in [0.05, 0.1) is 11.1 Å². The number of nitro benzene ring substituents is 1. The molecule has 0 aliphatic rings. The van der Waals surface area contributed by atoms with E-state index in [4.69, 9.17) is 12.2 Å². The summed E-state index contributed by atoms with van der Waals surface area (Å²) in [7, 11) is 0. The molecule has 0 atom stereocenters. The molecule has 0 unspecified atom stereocenters. The Morgan fingerprint density at radius 2 is 1.96 bits per heavy atom. The molecule has 3 rings (SSSR count). The number of rotatable bonds is 5. The van der Waals surface area contributed by atoms with Crippen molar-refractivity contribution in [3.05, 3.63) is 52.7 Å². The number of nitro groups is 1. The Morgan fingerprint density at radius 1 is 1.19 bits per heavy atom. The lowest BCUT2D eigenvalue weighted by molar-refractivity contribution is -0.383. The molecule has 26 heavy (non-hydrogen) atoms. The molecule has 1 aromatic carbocycles. The predicted octanol–water partition coefficient (Wildman–Crippen LogP) is 2.98. The Balaban J connectivity index is 1.88. The fourth-order valence-corrected chi connectivity index (χ4v) is 2.47. The minimum absolute atomic E-state index is 0.0474. The van der Waals surface area contributed by atoms with Crippen LogP contribution in [0.5, 0.6) is 0 Å². The molecule has 3 N–H and O–H groups in total.